The summed E-state index contributed by atoms with van der Waals surface area (Å²) in [5.74, 6) is -0.191. The van der Waals surface area contributed by atoms with Crippen LogP contribution in [0.15, 0.2) is 42.7 Å². The van der Waals surface area contributed by atoms with Crippen LogP contribution in [-0.4, -0.2) is 71.1 Å². The van der Waals surface area contributed by atoms with Gasteiger partial charge in [0, 0.05) is 57.2 Å². The summed E-state index contributed by atoms with van der Waals surface area (Å²) in [7, 11) is 0. The zero-order chi connectivity index (χ0) is 16.8. The van der Waals surface area contributed by atoms with Crippen LogP contribution in [0.25, 0.3) is 5.69 Å². The van der Waals surface area contributed by atoms with Crippen LogP contribution in [0.1, 0.15) is 10.4 Å². The van der Waals surface area contributed by atoms with E-state index in [4.69, 9.17) is 0 Å². The van der Waals surface area contributed by atoms with Crippen molar-refractivity contribution in [2.75, 3.05) is 39.3 Å². The number of nitrogens with zero attached hydrogens (tertiary/aromatic N) is 3. The highest BCUT2D eigenvalue weighted by atomic mass is 35.5. The molecule has 3 rings (SSSR count). The number of nitrogens with one attached hydrogen (secondary N) is 2. The fourth-order valence-corrected chi connectivity index (χ4v) is 2.78. The van der Waals surface area contributed by atoms with E-state index in [2.05, 4.69) is 20.6 Å². The van der Waals surface area contributed by atoms with Crippen molar-refractivity contribution in [3.8, 4) is 5.69 Å². The molecule has 136 valence electrons. The first-order chi connectivity index (χ1) is 11.7. The molecule has 0 spiro atoms. The SMILES string of the molecule is Cl.O=C(NCC(O)CN1CCNCC1)c1cccc(-n2cccn2)c1. The Balaban J connectivity index is 0.00000225. The molecule has 1 atom stereocenters. The molecule has 1 aromatic heterocycles. The number of piperazine rings is 1. The van der Waals surface area contributed by atoms with Gasteiger partial charge in [-0.05, 0) is 24.3 Å². The number of halogens is 1. The highest BCUT2D eigenvalue weighted by molar-refractivity contribution is 5.94. The third-order valence-corrected chi connectivity index (χ3v) is 4.05. The van der Waals surface area contributed by atoms with Crippen molar-refractivity contribution < 1.29 is 9.90 Å². The minimum absolute atomic E-state index is 0. The number of benzene rings is 1. The minimum Gasteiger partial charge on any atom is -0.390 e. The van der Waals surface area contributed by atoms with Crippen LogP contribution in [0.2, 0.25) is 0 Å². The zero-order valence-corrected chi connectivity index (χ0v) is 14.8. The Labute approximate surface area is 153 Å². The van der Waals surface area contributed by atoms with E-state index in [-0.39, 0.29) is 24.9 Å². The summed E-state index contributed by atoms with van der Waals surface area (Å²) in [5, 5.41) is 20.3. The number of aromatic nitrogens is 2. The molecule has 2 heterocycles. The molecule has 3 N–H and O–H groups in total. The van der Waals surface area contributed by atoms with Crippen LogP contribution < -0.4 is 10.6 Å². The van der Waals surface area contributed by atoms with Crippen molar-refractivity contribution in [1.29, 1.82) is 0 Å². The van der Waals surface area contributed by atoms with E-state index in [1.54, 1.807) is 23.0 Å². The highest BCUT2D eigenvalue weighted by Gasteiger charge is 2.15. The maximum atomic E-state index is 12.3. The van der Waals surface area contributed by atoms with Gasteiger partial charge in [-0.1, -0.05) is 6.07 Å². The average molecular weight is 366 g/mol. The number of amides is 1. The summed E-state index contributed by atoms with van der Waals surface area (Å²) in [6.45, 7) is 4.57. The fraction of sp³-hybridized carbons (Fsp3) is 0.412. The molecule has 0 saturated carbocycles. The van der Waals surface area contributed by atoms with Gasteiger partial charge >= 0.3 is 0 Å². The van der Waals surface area contributed by atoms with Crippen molar-refractivity contribution in [2.24, 2.45) is 0 Å². The van der Waals surface area contributed by atoms with E-state index in [9.17, 15) is 9.90 Å². The van der Waals surface area contributed by atoms with Gasteiger partial charge in [-0.25, -0.2) is 4.68 Å². The third-order valence-electron chi connectivity index (χ3n) is 4.05. The predicted molar refractivity (Wildman–Crippen MR) is 98.5 cm³/mol. The van der Waals surface area contributed by atoms with Crippen molar-refractivity contribution >= 4 is 18.3 Å². The molecule has 25 heavy (non-hydrogen) atoms. The molecule has 7 nitrogen and oxygen atoms in total. The first-order valence-electron chi connectivity index (χ1n) is 8.22. The Morgan fingerprint density at radius 1 is 1.32 bits per heavy atom. The second-order valence-corrected chi connectivity index (χ2v) is 5.92. The maximum absolute atomic E-state index is 12.3. The normalized spacial score (nSPS) is 16.0. The van der Waals surface area contributed by atoms with E-state index in [1.807, 2.05) is 24.4 Å². The van der Waals surface area contributed by atoms with Crippen LogP contribution in [0, 0.1) is 0 Å². The van der Waals surface area contributed by atoms with Gasteiger partial charge in [-0.15, -0.1) is 12.4 Å². The molecular formula is C17H24ClN5O2. The van der Waals surface area contributed by atoms with E-state index < -0.39 is 6.10 Å². The van der Waals surface area contributed by atoms with Gasteiger partial charge in [-0.2, -0.15) is 5.10 Å². The van der Waals surface area contributed by atoms with Crippen molar-refractivity contribution in [2.45, 2.75) is 6.10 Å². The standard InChI is InChI=1S/C17H23N5O2.ClH/c23-16(13-21-9-6-18-7-10-21)12-19-17(24)14-3-1-4-15(11-14)22-8-2-5-20-22;/h1-5,8,11,16,18,23H,6-7,9-10,12-13H2,(H,19,24);1H. The molecule has 1 saturated heterocycles. The number of aliphatic hydroxyl groups is 1. The number of aliphatic hydroxyl groups excluding tert-OH is 1. The number of hydrogen-bond donors (Lipinski definition) is 3. The number of carbonyl (C=O) groups is 1. The summed E-state index contributed by atoms with van der Waals surface area (Å²) in [6, 6.07) is 9.08. The van der Waals surface area contributed by atoms with Gasteiger partial charge in [0.2, 0.25) is 0 Å². The second-order valence-electron chi connectivity index (χ2n) is 5.92. The zero-order valence-electron chi connectivity index (χ0n) is 14.0. The summed E-state index contributed by atoms with van der Waals surface area (Å²) < 4.78 is 1.70. The molecule has 1 fully saturated rings. The Morgan fingerprint density at radius 2 is 2.12 bits per heavy atom. The van der Waals surface area contributed by atoms with Crippen molar-refractivity contribution in [1.82, 2.24) is 25.3 Å². The first-order valence-corrected chi connectivity index (χ1v) is 8.22. The molecule has 0 bridgehead atoms. The van der Waals surface area contributed by atoms with E-state index >= 15 is 0 Å². The van der Waals surface area contributed by atoms with Crippen LogP contribution in [-0.2, 0) is 0 Å². The highest BCUT2D eigenvalue weighted by Crippen LogP contribution is 2.09. The molecule has 0 aliphatic carbocycles. The van der Waals surface area contributed by atoms with Gasteiger partial charge in [0.05, 0.1) is 11.8 Å². The maximum Gasteiger partial charge on any atom is 0.251 e. The molecule has 0 radical (unpaired) electrons. The topological polar surface area (TPSA) is 82.4 Å². The van der Waals surface area contributed by atoms with Crippen LogP contribution >= 0.6 is 12.4 Å². The molecule has 8 heteroatoms. The number of hydrogen-bond acceptors (Lipinski definition) is 5. The summed E-state index contributed by atoms with van der Waals surface area (Å²) in [4.78, 5) is 14.5. The summed E-state index contributed by atoms with van der Waals surface area (Å²) in [5.41, 5.74) is 1.38. The van der Waals surface area contributed by atoms with E-state index in [1.165, 1.54) is 0 Å². The average Bonchev–Trinajstić information content (AvgIpc) is 3.15. The van der Waals surface area contributed by atoms with Gasteiger partial charge in [0.15, 0.2) is 0 Å². The van der Waals surface area contributed by atoms with Gasteiger partial charge in [0.1, 0.15) is 0 Å². The molecular weight excluding hydrogens is 342 g/mol. The van der Waals surface area contributed by atoms with E-state index in [0.29, 0.717) is 12.1 Å². The lowest BCUT2D eigenvalue weighted by Gasteiger charge is -2.29. The number of carbonyl (C=O) groups excluding carboxylic acids is 1. The Hall–Kier alpha value is -1.93. The van der Waals surface area contributed by atoms with Crippen molar-refractivity contribution in [3.05, 3.63) is 48.3 Å². The van der Waals surface area contributed by atoms with Crippen LogP contribution in [0.4, 0.5) is 0 Å². The molecule has 1 aliphatic heterocycles. The van der Waals surface area contributed by atoms with Gasteiger partial charge < -0.3 is 15.7 Å². The number of rotatable bonds is 6. The summed E-state index contributed by atoms with van der Waals surface area (Å²) >= 11 is 0. The van der Waals surface area contributed by atoms with Crippen LogP contribution in [0.3, 0.4) is 0 Å². The molecule has 1 amide bonds. The molecule has 2 aromatic rings. The third kappa shape index (κ3) is 5.54. The smallest absolute Gasteiger partial charge is 0.251 e. The molecule has 1 aromatic carbocycles. The first kappa shape index (κ1) is 19.4. The Kier molecular flexibility index (Phi) is 7.39. The molecule has 1 unspecified atom stereocenters. The largest absolute Gasteiger partial charge is 0.390 e. The lowest BCUT2D eigenvalue weighted by molar-refractivity contribution is 0.0842. The van der Waals surface area contributed by atoms with Crippen molar-refractivity contribution in [3.63, 3.8) is 0 Å². The fourth-order valence-electron chi connectivity index (χ4n) is 2.78. The van der Waals surface area contributed by atoms with Gasteiger partial charge in [-0.3, -0.25) is 9.69 Å². The Morgan fingerprint density at radius 3 is 2.84 bits per heavy atom. The minimum atomic E-state index is -0.568. The lowest BCUT2D eigenvalue weighted by Crippen LogP contribution is -2.48. The van der Waals surface area contributed by atoms with Crippen LogP contribution in [0.5, 0.6) is 0 Å². The lowest BCUT2D eigenvalue weighted by atomic mass is 10.2. The summed E-state index contributed by atoms with van der Waals surface area (Å²) in [6.07, 6.45) is 2.95. The predicted octanol–water partition coefficient (Wildman–Crippen LogP) is 0.290. The molecule has 1 aliphatic rings. The van der Waals surface area contributed by atoms with E-state index in [0.717, 1.165) is 31.9 Å². The second kappa shape index (κ2) is 9.53. The Bertz CT molecular complexity index is 659. The quantitative estimate of drug-likeness (QED) is 0.685. The monoisotopic (exact) mass is 365 g/mol. The van der Waals surface area contributed by atoms with Gasteiger partial charge in [0.25, 0.3) is 5.91 Å². The number of β-amino-alcohol motifs (C(OH)–C–C–N with tert-alkyl or cyclic N) is 1.